The molecule has 2 aromatic carbocycles. The van der Waals surface area contributed by atoms with E-state index < -0.39 is 11.7 Å². The van der Waals surface area contributed by atoms with Gasteiger partial charge < -0.3 is 5.32 Å². The SMILES string of the molecule is O=C(NCc1cccc(F)c1)On1[nH]c2ccccc2c1=O. The molecule has 1 aromatic heterocycles. The van der Waals surface area contributed by atoms with Crippen molar-refractivity contribution in [3.05, 3.63) is 70.3 Å². The summed E-state index contributed by atoms with van der Waals surface area (Å²) >= 11 is 0. The Morgan fingerprint density at radius 2 is 2.05 bits per heavy atom. The Kier molecular flexibility index (Phi) is 3.61. The van der Waals surface area contributed by atoms with E-state index in [1.54, 1.807) is 36.4 Å². The number of nitrogens with zero attached hydrogens (tertiary/aromatic N) is 1. The van der Waals surface area contributed by atoms with Crippen molar-refractivity contribution in [2.24, 2.45) is 0 Å². The third-order valence-corrected chi connectivity index (χ3v) is 3.06. The molecule has 3 rings (SSSR count). The van der Waals surface area contributed by atoms with Crippen molar-refractivity contribution in [1.29, 1.82) is 0 Å². The first-order valence-corrected chi connectivity index (χ1v) is 6.54. The van der Waals surface area contributed by atoms with Gasteiger partial charge in [-0.15, -0.1) is 0 Å². The number of aromatic amines is 1. The van der Waals surface area contributed by atoms with Gasteiger partial charge in [-0.1, -0.05) is 29.1 Å². The summed E-state index contributed by atoms with van der Waals surface area (Å²) in [5, 5.41) is 5.52. The number of aromatic nitrogens is 2. The quantitative estimate of drug-likeness (QED) is 0.774. The van der Waals surface area contributed by atoms with E-state index in [0.717, 1.165) is 4.85 Å². The first-order chi connectivity index (χ1) is 10.6. The molecule has 0 spiro atoms. The molecule has 0 aliphatic heterocycles. The number of halogens is 1. The minimum absolute atomic E-state index is 0.0889. The van der Waals surface area contributed by atoms with Crippen molar-refractivity contribution in [2.45, 2.75) is 6.54 Å². The van der Waals surface area contributed by atoms with Crippen LogP contribution in [-0.4, -0.2) is 16.0 Å². The van der Waals surface area contributed by atoms with Gasteiger partial charge in [-0.05, 0) is 29.8 Å². The Morgan fingerprint density at radius 3 is 2.82 bits per heavy atom. The minimum atomic E-state index is -0.821. The third-order valence-electron chi connectivity index (χ3n) is 3.06. The van der Waals surface area contributed by atoms with Crippen molar-refractivity contribution in [1.82, 2.24) is 15.3 Å². The van der Waals surface area contributed by atoms with Crippen molar-refractivity contribution < 1.29 is 14.0 Å². The molecule has 22 heavy (non-hydrogen) atoms. The number of hydrogen-bond acceptors (Lipinski definition) is 3. The Bertz CT molecular complexity index is 885. The van der Waals surface area contributed by atoms with E-state index in [9.17, 15) is 14.0 Å². The standard InChI is InChI=1S/C15H12FN3O3/c16-11-5-3-4-10(8-11)9-17-15(21)22-19-14(20)12-6-1-2-7-13(12)18-19/h1-8,18H,9H2,(H,17,21). The zero-order chi connectivity index (χ0) is 15.5. The molecule has 7 heteroatoms. The van der Waals surface area contributed by atoms with Crippen molar-refractivity contribution in [3.8, 4) is 0 Å². The molecule has 0 bridgehead atoms. The average Bonchev–Trinajstić information content (AvgIpc) is 2.82. The molecule has 0 atom stereocenters. The van der Waals surface area contributed by atoms with Crippen LogP contribution in [-0.2, 0) is 6.54 Å². The Balaban J connectivity index is 1.68. The molecule has 0 saturated heterocycles. The number of carbonyl (C=O) groups excluding carboxylic acids is 1. The summed E-state index contributed by atoms with van der Waals surface area (Å²) in [6, 6.07) is 12.6. The fourth-order valence-corrected chi connectivity index (χ4v) is 2.04. The van der Waals surface area contributed by atoms with Crippen LogP contribution in [0.2, 0.25) is 0 Å². The van der Waals surface area contributed by atoms with Crippen LogP contribution < -0.4 is 15.7 Å². The van der Waals surface area contributed by atoms with Gasteiger partial charge in [-0.3, -0.25) is 14.7 Å². The van der Waals surface area contributed by atoms with Gasteiger partial charge in [0.1, 0.15) is 5.82 Å². The van der Waals surface area contributed by atoms with Crippen molar-refractivity contribution in [2.75, 3.05) is 0 Å². The summed E-state index contributed by atoms with van der Waals surface area (Å²) in [5.74, 6) is -0.389. The van der Waals surface area contributed by atoms with E-state index in [2.05, 4.69) is 10.4 Å². The zero-order valence-electron chi connectivity index (χ0n) is 11.4. The number of H-pyrrole nitrogens is 1. The molecular formula is C15H12FN3O3. The maximum atomic E-state index is 13.0. The lowest BCUT2D eigenvalue weighted by Crippen LogP contribution is -2.36. The van der Waals surface area contributed by atoms with Gasteiger partial charge in [0.05, 0.1) is 10.9 Å². The topological polar surface area (TPSA) is 76.1 Å². The predicted octanol–water partition coefficient (Wildman–Crippen LogP) is 1.81. The van der Waals surface area contributed by atoms with E-state index in [-0.39, 0.29) is 12.4 Å². The summed E-state index contributed by atoms with van der Waals surface area (Å²) in [5.41, 5.74) is 0.683. The number of fused-ring (bicyclic) bond motifs is 1. The molecule has 112 valence electrons. The average molecular weight is 301 g/mol. The fourth-order valence-electron chi connectivity index (χ4n) is 2.04. The van der Waals surface area contributed by atoms with E-state index in [1.807, 2.05) is 0 Å². The minimum Gasteiger partial charge on any atom is -0.316 e. The Labute approximate surface area is 124 Å². The second kappa shape index (κ2) is 5.72. The number of benzene rings is 2. The molecule has 0 aliphatic carbocycles. The van der Waals surface area contributed by atoms with Crippen molar-refractivity contribution in [3.63, 3.8) is 0 Å². The van der Waals surface area contributed by atoms with Crippen LogP contribution in [0.3, 0.4) is 0 Å². The highest BCUT2D eigenvalue weighted by atomic mass is 19.1. The number of nitrogens with one attached hydrogen (secondary N) is 2. The van der Waals surface area contributed by atoms with Gasteiger partial charge in [-0.2, -0.15) is 0 Å². The van der Waals surface area contributed by atoms with E-state index in [1.165, 1.54) is 12.1 Å². The highest BCUT2D eigenvalue weighted by molar-refractivity contribution is 5.77. The lowest BCUT2D eigenvalue weighted by atomic mass is 10.2. The van der Waals surface area contributed by atoms with Gasteiger partial charge in [-0.25, -0.2) is 9.18 Å². The van der Waals surface area contributed by atoms with Gasteiger partial charge in [0.25, 0.3) is 0 Å². The van der Waals surface area contributed by atoms with E-state index >= 15 is 0 Å². The first kappa shape index (κ1) is 13.9. The van der Waals surface area contributed by atoms with Crippen LogP contribution in [0.15, 0.2) is 53.3 Å². The molecule has 2 N–H and O–H groups in total. The first-order valence-electron chi connectivity index (χ1n) is 6.54. The molecule has 0 unspecified atom stereocenters. The van der Waals surface area contributed by atoms with Crippen molar-refractivity contribution >= 4 is 17.0 Å². The predicted molar refractivity (Wildman–Crippen MR) is 77.8 cm³/mol. The fraction of sp³-hybridized carbons (Fsp3) is 0.0667. The molecule has 0 radical (unpaired) electrons. The van der Waals surface area contributed by atoms with Gasteiger partial charge in [0.15, 0.2) is 0 Å². The smallest absolute Gasteiger partial charge is 0.316 e. The summed E-state index contributed by atoms with van der Waals surface area (Å²) < 4.78 is 13.0. The van der Waals surface area contributed by atoms with Crippen LogP contribution in [0, 0.1) is 5.82 Å². The number of rotatable bonds is 3. The summed E-state index contributed by atoms with van der Waals surface area (Å²) in [4.78, 5) is 29.3. The second-order valence-electron chi connectivity index (χ2n) is 4.62. The largest absolute Gasteiger partial charge is 0.433 e. The third kappa shape index (κ3) is 2.83. The molecule has 0 aliphatic rings. The van der Waals surface area contributed by atoms with Crippen LogP contribution >= 0.6 is 0 Å². The summed E-state index contributed by atoms with van der Waals surface area (Å²) in [6.07, 6.45) is -0.821. The number of amides is 1. The molecule has 0 fully saturated rings. The monoisotopic (exact) mass is 301 g/mol. The van der Waals surface area contributed by atoms with Crippen LogP contribution in [0.5, 0.6) is 0 Å². The lowest BCUT2D eigenvalue weighted by molar-refractivity contribution is 0.112. The molecule has 1 amide bonds. The summed E-state index contributed by atoms with van der Waals surface area (Å²) in [7, 11) is 0. The molecule has 6 nitrogen and oxygen atoms in total. The Hall–Kier alpha value is -3.09. The maximum Gasteiger partial charge on any atom is 0.433 e. The highest BCUT2D eigenvalue weighted by Gasteiger charge is 2.10. The van der Waals surface area contributed by atoms with Gasteiger partial charge in [0, 0.05) is 6.54 Å². The highest BCUT2D eigenvalue weighted by Crippen LogP contribution is 2.05. The zero-order valence-corrected chi connectivity index (χ0v) is 11.4. The molecule has 3 aromatic rings. The van der Waals surface area contributed by atoms with Gasteiger partial charge >= 0.3 is 11.7 Å². The lowest BCUT2D eigenvalue weighted by Gasteiger charge is -2.05. The van der Waals surface area contributed by atoms with E-state index in [0.29, 0.717) is 16.5 Å². The number of hydrogen-bond donors (Lipinski definition) is 2. The molecular weight excluding hydrogens is 289 g/mol. The number of para-hydroxylation sites is 1. The molecule has 0 saturated carbocycles. The van der Waals surface area contributed by atoms with Crippen LogP contribution in [0.1, 0.15) is 5.56 Å². The summed E-state index contributed by atoms with van der Waals surface area (Å²) in [6.45, 7) is 0.0889. The Morgan fingerprint density at radius 1 is 1.23 bits per heavy atom. The van der Waals surface area contributed by atoms with Crippen LogP contribution in [0.25, 0.3) is 10.9 Å². The molecule has 1 heterocycles. The second-order valence-corrected chi connectivity index (χ2v) is 4.62. The maximum absolute atomic E-state index is 13.0. The van der Waals surface area contributed by atoms with E-state index in [4.69, 9.17) is 4.84 Å². The normalized spacial score (nSPS) is 10.6. The van der Waals surface area contributed by atoms with Gasteiger partial charge in [0.2, 0.25) is 0 Å². The number of carbonyl (C=O) groups is 1. The van der Waals surface area contributed by atoms with Crippen LogP contribution in [0.4, 0.5) is 9.18 Å².